The number of hydrogen-bond acceptors (Lipinski definition) is 9. The Kier molecular flexibility index (Phi) is 10.0. The lowest BCUT2D eigenvalue weighted by Crippen LogP contribution is -2.38. The van der Waals surface area contributed by atoms with Crippen LogP contribution in [0.4, 0.5) is 4.39 Å². The second-order valence-corrected chi connectivity index (χ2v) is 12.0. The number of carbonyl (C=O) groups excluding carboxylic acids is 1. The summed E-state index contributed by atoms with van der Waals surface area (Å²) in [5.74, 6) is 0.590. The van der Waals surface area contributed by atoms with E-state index in [0.29, 0.717) is 29.2 Å². The van der Waals surface area contributed by atoms with Crippen LogP contribution in [0.15, 0.2) is 83.5 Å². The number of nitrogens with zero attached hydrogens (tertiary/aromatic N) is 1. The second kappa shape index (κ2) is 14.1. The van der Waals surface area contributed by atoms with Gasteiger partial charge in [0.1, 0.15) is 11.6 Å². The van der Waals surface area contributed by atoms with Crippen LogP contribution >= 0.6 is 0 Å². The second-order valence-electron chi connectivity index (χ2n) is 10.0. The van der Waals surface area contributed by atoms with Crippen molar-refractivity contribution in [2.45, 2.75) is 30.1 Å². The quantitative estimate of drug-likeness (QED) is 0.293. The van der Waals surface area contributed by atoms with Gasteiger partial charge in [-0.05, 0) is 65.7 Å². The molecule has 0 aliphatic carbocycles. The van der Waals surface area contributed by atoms with Crippen molar-refractivity contribution < 1.29 is 46.4 Å². The fraction of sp³-hybridized carbons (Fsp3) is 0.323. The summed E-state index contributed by atoms with van der Waals surface area (Å²) < 4.78 is 68.9. The minimum atomic E-state index is -3.94. The van der Waals surface area contributed by atoms with Crippen LogP contribution in [0.1, 0.15) is 23.5 Å². The van der Waals surface area contributed by atoms with Crippen LogP contribution in [0, 0.1) is 5.82 Å². The van der Waals surface area contributed by atoms with Crippen LogP contribution < -0.4 is 19.5 Å². The topological polar surface area (TPSA) is 133 Å². The highest BCUT2D eigenvalue weighted by Gasteiger charge is 2.31. The maximum Gasteiger partial charge on any atom is 0.286 e. The lowest BCUT2D eigenvalue weighted by Gasteiger charge is -2.30. The minimum Gasteiger partial charge on any atom is -0.497 e. The van der Waals surface area contributed by atoms with E-state index >= 15 is 0 Å². The van der Waals surface area contributed by atoms with Gasteiger partial charge in [-0.1, -0.05) is 18.2 Å². The van der Waals surface area contributed by atoms with Crippen LogP contribution in [-0.4, -0.2) is 70.2 Å². The predicted molar refractivity (Wildman–Crippen MR) is 156 cm³/mol. The zero-order valence-electron chi connectivity index (χ0n) is 24.0. The number of nitrogens with one attached hydrogen (secondary N) is 1. The number of benzene rings is 3. The van der Waals surface area contributed by atoms with E-state index in [9.17, 15) is 22.7 Å². The van der Waals surface area contributed by atoms with Gasteiger partial charge in [0, 0.05) is 32.0 Å². The molecule has 2 N–H and O–H groups in total. The summed E-state index contributed by atoms with van der Waals surface area (Å²) in [6, 6.07) is 17.2. The van der Waals surface area contributed by atoms with Gasteiger partial charge in [0.15, 0.2) is 17.3 Å². The third-order valence-corrected chi connectivity index (χ3v) is 9.08. The fourth-order valence-corrected chi connectivity index (χ4v) is 6.23. The molecule has 2 atom stereocenters. The number of halogens is 1. The molecule has 0 spiro atoms. The number of aliphatic hydroxyl groups is 1. The van der Waals surface area contributed by atoms with Gasteiger partial charge in [0.25, 0.3) is 5.91 Å². The number of hydrogen-bond donors (Lipinski definition) is 2. The highest BCUT2D eigenvalue weighted by molar-refractivity contribution is 7.89. The van der Waals surface area contributed by atoms with Gasteiger partial charge < -0.3 is 34.1 Å². The first kappa shape index (κ1) is 31.3. The highest BCUT2D eigenvalue weighted by atomic mass is 32.2. The minimum absolute atomic E-state index is 0.0316. The van der Waals surface area contributed by atoms with Crippen molar-refractivity contribution in [2.75, 3.05) is 40.2 Å². The van der Waals surface area contributed by atoms with E-state index in [0.717, 1.165) is 9.87 Å². The Morgan fingerprint density at radius 3 is 2.52 bits per heavy atom. The normalized spacial score (nSPS) is 17.6. The van der Waals surface area contributed by atoms with Gasteiger partial charge >= 0.3 is 0 Å². The van der Waals surface area contributed by atoms with E-state index in [4.69, 9.17) is 23.7 Å². The SMILES string of the molecule is COc1ccc(S(=O)(=O)N(CCO)CCO[C@@H]2C[C@H](c3ccc4c(c3)OCO4)C=C(C(=O)NCc3ccc(F)cc3)O2)cc1. The molecule has 2 aliphatic rings. The molecule has 0 saturated carbocycles. The maximum atomic E-state index is 13.3. The Labute approximate surface area is 254 Å². The Morgan fingerprint density at radius 1 is 1.05 bits per heavy atom. The lowest BCUT2D eigenvalue weighted by atomic mass is 9.92. The zero-order valence-corrected chi connectivity index (χ0v) is 24.8. The smallest absolute Gasteiger partial charge is 0.286 e. The average Bonchev–Trinajstić information content (AvgIpc) is 3.52. The van der Waals surface area contributed by atoms with Crippen LogP contribution in [0.3, 0.4) is 0 Å². The molecule has 0 fully saturated rings. The number of fused-ring (bicyclic) bond motifs is 1. The molecular formula is C31H33FN2O9S. The molecule has 11 nitrogen and oxygen atoms in total. The van der Waals surface area contributed by atoms with Crippen molar-refractivity contribution in [1.82, 2.24) is 9.62 Å². The summed E-state index contributed by atoms with van der Waals surface area (Å²) in [7, 11) is -2.45. The number of amides is 1. The summed E-state index contributed by atoms with van der Waals surface area (Å²) in [6.45, 7) is -0.394. The van der Waals surface area contributed by atoms with Crippen LogP contribution in [0.2, 0.25) is 0 Å². The molecule has 1 amide bonds. The van der Waals surface area contributed by atoms with Gasteiger partial charge in [0.05, 0.1) is 25.2 Å². The van der Waals surface area contributed by atoms with Crippen LogP contribution in [0.5, 0.6) is 17.2 Å². The Balaban J connectivity index is 1.28. The average molecular weight is 629 g/mol. The molecule has 234 valence electrons. The predicted octanol–water partition coefficient (Wildman–Crippen LogP) is 3.29. The summed E-state index contributed by atoms with van der Waals surface area (Å²) >= 11 is 0. The number of ether oxygens (including phenoxy) is 5. The molecule has 0 bridgehead atoms. The summed E-state index contributed by atoms with van der Waals surface area (Å²) in [6.07, 6.45) is 1.14. The third-order valence-electron chi connectivity index (χ3n) is 7.16. The maximum absolute atomic E-state index is 13.3. The number of rotatable bonds is 13. The zero-order chi connectivity index (χ0) is 31.1. The van der Waals surface area contributed by atoms with Crippen molar-refractivity contribution >= 4 is 15.9 Å². The number of aliphatic hydroxyl groups excluding tert-OH is 1. The summed E-state index contributed by atoms with van der Waals surface area (Å²) in [5, 5.41) is 12.3. The number of allylic oxidation sites excluding steroid dienone is 1. The highest BCUT2D eigenvalue weighted by Crippen LogP contribution is 2.38. The number of sulfonamides is 1. The van der Waals surface area contributed by atoms with Crippen LogP contribution in [0.25, 0.3) is 0 Å². The lowest BCUT2D eigenvalue weighted by molar-refractivity contribution is -0.146. The molecule has 0 unspecified atom stereocenters. The molecule has 3 aromatic carbocycles. The van der Waals surface area contributed by atoms with Crippen molar-refractivity contribution in [1.29, 1.82) is 0 Å². The summed E-state index contributed by atoms with van der Waals surface area (Å²) in [5.41, 5.74) is 1.55. The third kappa shape index (κ3) is 7.48. The van der Waals surface area contributed by atoms with E-state index in [2.05, 4.69) is 5.32 Å². The number of carbonyl (C=O) groups is 1. The van der Waals surface area contributed by atoms with Crippen LogP contribution in [-0.2, 0) is 30.8 Å². The largest absolute Gasteiger partial charge is 0.497 e. The Hall–Kier alpha value is -4.17. The van der Waals surface area contributed by atoms with Crippen molar-refractivity contribution in [2.24, 2.45) is 0 Å². The van der Waals surface area contributed by atoms with E-state index in [1.165, 1.54) is 31.4 Å². The first-order valence-corrected chi connectivity index (χ1v) is 15.4. The summed E-state index contributed by atoms with van der Waals surface area (Å²) in [4.78, 5) is 13.2. The molecule has 2 aliphatic heterocycles. The van der Waals surface area contributed by atoms with Gasteiger partial charge in [-0.2, -0.15) is 4.31 Å². The van der Waals surface area contributed by atoms with E-state index in [1.54, 1.807) is 36.4 Å². The van der Waals surface area contributed by atoms with Gasteiger partial charge in [-0.25, -0.2) is 12.8 Å². The Morgan fingerprint density at radius 2 is 1.80 bits per heavy atom. The van der Waals surface area contributed by atoms with Gasteiger partial charge in [-0.3, -0.25) is 4.79 Å². The molecule has 2 heterocycles. The molecule has 0 radical (unpaired) electrons. The molecule has 44 heavy (non-hydrogen) atoms. The molecular weight excluding hydrogens is 595 g/mol. The van der Waals surface area contributed by atoms with Crippen molar-refractivity contribution in [3.05, 3.63) is 95.5 Å². The molecule has 5 rings (SSSR count). The first-order chi connectivity index (χ1) is 21.3. The molecule has 13 heteroatoms. The van der Waals surface area contributed by atoms with Crippen molar-refractivity contribution in [3.63, 3.8) is 0 Å². The van der Waals surface area contributed by atoms with E-state index < -0.39 is 22.2 Å². The fourth-order valence-electron chi connectivity index (χ4n) is 4.81. The van der Waals surface area contributed by atoms with Gasteiger partial charge in [-0.15, -0.1) is 0 Å². The first-order valence-electron chi connectivity index (χ1n) is 13.9. The van der Waals surface area contributed by atoms with Gasteiger partial charge in [0.2, 0.25) is 23.1 Å². The Bertz CT molecular complexity index is 1580. The monoisotopic (exact) mass is 628 g/mol. The van der Waals surface area contributed by atoms with E-state index in [-0.39, 0.29) is 62.0 Å². The molecule has 3 aromatic rings. The molecule has 0 saturated heterocycles. The van der Waals surface area contributed by atoms with E-state index in [1.807, 2.05) is 12.1 Å². The number of methoxy groups -OCH3 is 1. The molecule has 0 aromatic heterocycles. The van der Waals surface area contributed by atoms with Crippen molar-refractivity contribution in [3.8, 4) is 17.2 Å². The standard InChI is InChI=1S/C31H33FN2O9S/c1-39-25-7-9-26(10-8-25)44(37,38)34(12-14-35)13-15-40-30-18-23(22-4-11-27-28(16-22)42-20-41-27)17-29(43-30)31(36)33-19-21-2-5-24(32)6-3-21/h2-11,16-17,23,30,35H,12-15,18-20H2,1H3,(H,33,36)/t23-,30+/m1/s1.